The standard InChI is InChI=1S/C11H20N2O3/c1-5-6-13(8-10(14)15)11(16)12(4)7-9(2)3/h5,9H,1,6-8H2,2-4H3,(H,14,15). The molecule has 0 aliphatic heterocycles. The average molecular weight is 228 g/mol. The van der Waals surface area contributed by atoms with Gasteiger partial charge in [0.05, 0.1) is 0 Å². The molecular weight excluding hydrogens is 208 g/mol. The Morgan fingerprint density at radius 1 is 1.44 bits per heavy atom. The molecular formula is C11H20N2O3. The van der Waals surface area contributed by atoms with Gasteiger partial charge in [-0.25, -0.2) is 4.79 Å². The molecule has 16 heavy (non-hydrogen) atoms. The Hall–Kier alpha value is -1.52. The first-order valence-corrected chi connectivity index (χ1v) is 5.21. The van der Waals surface area contributed by atoms with Crippen LogP contribution in [0, 0.1) is 5.92 Å². The van der Waals surface area contributed by atoms with Crippen molar-refractivity contribution in [3.63, 3.8) is 0 Å². The van der Waals surface area contributed by atoms with Crippen LogP contribution in [0.15, 0.2) is 12.7 Å². The fourth-order valence-electron chi connectivity index (χ4n) is 1.40. The summed E-state index contributed by atoms with van der Waals surface area (Å²) >= 11 is 0. The summed E-state index contributed by atoms with van der Waals surface area (Å²) in [6, 6.07) is -0.281. The first-order valence-electron chi connectivity index (χ1n) is 5.21. The summed E-state index contributed by atoms with van der Waals surface area (Å²) in [7, 11) is 1.67. The predicted molar refractivity (Wildman–Crippen MR) is 62.3 cm³/mol. The second kappa shape index (κ2) is 6.87. The van der Waals surface area contributed by atoms with Crippen LogP contribution in [0.5, 0.6) is 0 Å². The number of nitrogens with zero attached hydrogens (tertiary/aromatic N) is 2. The van der Waals surface area contributed by atoms with E-state index in [2.05, 4.69) is 6.58 Å². The van der Waals surface area contributed by atoms with E-state index >= 15 is 0 Å². The van der Waals surface area contributed by atoms with Crippen LogP contribution in [-0.4, -0.2) is 53.6 Å². The van der Waals surface area contributed by atoms with Crippen molar-refractivity contribution in [2.75, 3.05) is 26.7 Å². The summed E-state index contributed by atoms with van der Waals surface area (Å²) in [5, 5.41) is 8.68. The van der Waals surface area contributed by atoms with E-state index in [1.165, 1.54) is 15.9 Å². The number of urea groups is 1. The van der Waals surface area contributed by atoms with Crippen LogP contribution in [0.3, 0.4) is 0 Å². The Labute approximate surface area is 96.3 Å². The number of carboxylic acids is 1. The highest BCUT2D eigenvalue weighted by Crippen LogP contribution is 2.01. The third-order valence-electron chi connectivity index (χ3n) is 1.91. The molecule has 0 spiro atoms. The highest BCUT2D eigenvalue weighted by molar-refractivity contribution is 5.80. The summed E-state index contributed by atoms with van der Waals surface area (Å²) in [6.07, 6.45) is 1.52. The summed E-state index contributed by atoms with van der Waals surface area (Å²) in [4.78, 5) is 25.2. The van der Waals surface area contributed by atoms with Gasteiger partial charge in [0, 0.05) is 20.1 Å². The number of amides is 2. The minimum atomic E-state index is -1.02. The number of rotatable bonds is 6. The van der Waals surface area contributed by atoms with Crippen LogP contribution >= 0.6 is 0 Å². The molecule has 0 fully saturated rings. The van der Waals surface area contributed by atoms with Crippen LogP contribution in [-0.2, 0) is 4.79 Å². The predicted octanol–water partition coefficient (Wildman–Crippen LogP) is 1.27. The number of hydrogen-bond donors (Lipinski definition) is 1. The molecule has 0 saturated heterocycles. The Bertz CT molecular complexity index is 264. The van der Waals surface area contributed by atoms with Gasteiger partial charge >= 0.3 is 12.0 Å². The van der Waals surface area contributed by atoms with Crippen molar-refractivity contribution in [2.24, 2.45) is 5.92 Å². The highest BCUT2D eigenvalue weighted by Gasteiger charge is 2.19. The van der Waals surface area contributed by atoms with Crippen LogP contribution in [0.1, 0.15) is 13.8 Å². The van der Waals surface area contributed by atoms with Gasteiger partial charge in [-0.15, -0.1) is 6.58 Å². The fraction of sp³-hybridized carbons (Fsp3) is 0.636. The Kier molecular flexibility index (Phi) is 6.22. The first kappa shape index (κ1) is 14.5. The minimum Gasteiger partial charge on any atom is -0.480 e. The van der Waals surface area contributed by atoms with Crippen molar-refractivity contribution >= 4 is 12.0 Å². The van der Waals surface area contributed by atoms with E-state index in [9.17, 15) is 9.59 Å². The largest absolute Gasteiger partial charge is 0.480 e. The third kappa shape index (κ3) is 5.38. The second-order valence-corrected chi connectivity index (χ2v) is 4.12. The van der Waals surface area contributed by atoms with Crippen LogP contribution in [0.4, 0.5) is 4.79 Å². The van der Waals surface area contributed by atoms with E-state index in [-0.39, 0.29) is 19.1 Å². The second-order valence-electron chi connectivity index (χ2n) is 4.12. The molecule has 0 aliphatic carbocycles. The third-order valence-corrected chi connectivity index (χ3v) is 1.91. The molecule has 0 radical (unpaired) electrons. The number of carboxylic acid groups (broad SMARTS) is 1. The van der Waals surface area contributed by atoms with Gasteiger partial charge in [-0.2, -0.15) is 0 Å². The number of aliphatic carboxylic acids is 1. The van der Waals surface area contributed by atoms with Crippen molar-refractivity contribution in [1.29, 1.82) is 0 Å². The Morgan fingerprint density at radius 2 is 2.00 bits per heavy atom. The van der Waals surface area contributed by atoms with E-state index in [1.807, 2.05) is 13.8 Å². The van der Waals surface area contributed by atoms with Gasteiger partial charge in [0.15, 0.2) is 0 Å². The first-order chi connectivity index (χ1) is 7.38. The molecule has 0 heterocycles. The molecule has 0 aromatic heterocycles. The summed E-state index contributed by atoms with van der Waals surface area (Å²) < 4.78 is 0. The lowest BCUT2D eigenvalue weighted by atomic mass is 10.2. The zero-order valence-electron chi connectivity index (χ0n) is 10.1. The monoisotopic (exact) mass is 228 g/mol. The molecule has 0 aromatic rings. The number of carbonyl (C=O) groups excluding carboxylic acids is 1. The molecule has 0 bridgehead atoms. The van der Waals surface area contributed by atoms with E-state index in [0.717, 1.165) is 0 Å². The summed E-state index contributed by atoms with van der Waals surface area (Å²) in [5.74, 6) is -0.669. The molecule has 0 saturated carbocycles. The van der Waals surface area contributed by atoms with E-state index in [4.69, 9.17) is 5.11 Å². The van der Waals surface area contributed by atoms with E-state index in [1.54, 1.807) is 7.05 Å². The van der Waals surface area contributed by atoms with Crippen LogP contribution in [0.25, 0.3) is 0 Å². The van der Waals surface area contributed by atoms with Gasteiger partial charge < -0.3 is 14.9 Å². The van der Waals surface area contributed by atoms with Crippen LogP contribution < -0.4 is 0 Å². The lowest BCUT2D eigenvalue weighted by molar-refractivity contribution is -0.137. The smallest absolute Gasteiger partial charge is 0.323 e. The fourth-order valence-corrected chi connectivity index (χ4v) is 1.40. The maximum Gasteiger partial charge on any atom is 0.323 e. The lowest BCUT2D eigenvalue weighted by Crippen LogP contribution is -2.44. The van der Waals surface area contributed by atoms with Gasteiger partial charge in [-0.1, -0.05) is 19.9 Å². The van der Waals surface area contributed by atoms with Crippen LogP contribution in [0.2, 0.25) is 0 Å². The maximum absolute atomic E-state index is 11.8. The van der Waals surface area contributed by atoms with Crippen molar-refractivity contribution in [2.45, 2.75) is 13.8 Å². The van der Waals surface area contributed by atoms with Crippen molar-refractivity contribution < 1.29 is 14.7 Å². The van der Waals surface area contributed by atoms with Crippen molar-refractivity contribution in [1.82, 2.24) is 9.80 Å². The average Bonchev–Trinajstić information content (AvgIpc) is 2.14. The molecule has 1 N–H and O–H groups in total. The molecule has 0 rings (SSSR count). The zero-order chi connectivity index (χ0) is 12.7. The van der Waals surface area contributed by atoms with E-state index in [0.29, 0.717) is 12.5 Å². The molecule has 5 heteroatoms. The zero-order valence-corrected chi connectivity index (χ0v) is 10.1. The highest BCUT2D eigenvalue weighted by atomic mass is 16.4. The van der Waals surface area contributed by atoms with Crippen molar-refractivity contribution in [3.05, 3.63) is 12.7 Å². The topological polar surface area (TPSA) is 60.9 Å². The quantitative estimate of drug-likeness (QED) is 0.696. The van der Waals surface area contributed by atoms with Crippen molar-refractivity contribution in [3.8, 4) is 0 Å². The molecule has 0 aliphatic rings. The van der Waals surface area contributed by atoms with Gasteiger partial charge in [-0.05, 0) is 5.92 Å². The normalized spacial score (nSPS) is 10.0. The molecule has 5 nitrogen and oxygen atoms in total. The number of carbonyl (C=O) groups is 2. The molecule has 0 atom stereocenters. The lowest BCUT2D eigenvalue weighted by Gasteiger charge is -2.27. The van der Waals surface area contributed by atoms with Gasteiger partial charge in [-0.3, -0.25) is 4.79 Å². The molecule has 92 valence electrons. The summed E-state index contributed by atoms with van der Waals surface area (Å²) in [5.41, 5.74) is 0. The number of hydrogen-bond acceptors (Lipinski definition) is 2. The molecule has 0 aromatic carbocycles. The van der Waals surface area contributed by atoms with Gasteiger partial charge in [0.2, 0.25) is 0 Å². The summed E-state index contributed by atoms with van der Waals surface area (Å²) in [6.45, 7) is 8.05. The van der Waals surface area contributed by atoms with Gasteiger partial charge in [0.25, 0.3) is 0 Å². The Morgan fingerprint density at radius 3 is 2.38 bits per heavy atom. The molecule has 2 amide bonds. The SMILES string of the molecule is C=CCN(CC(=O)O)C(=O)N(C)CC(C)C. The Balaban J connectivity index is 4.46. The van der Waals surface area contributed by atoms with Gasteiger partial charge in [0.1, 0.15) is 6.54 Å². The van der Waals surface area contributed by atoms with E-state index < -0.39 is 5.97 Å². The molecule has 0 unspecified atom stereocenters. The minimum absolute atomic E-state index is 0.244. The maximum atomic E-state index is 11.8.